The van der Waals surface area contributed by atoms with Gasteiger partial charge >= 0.3 is 29.8 Å². The van der Waals surface area contributed by atoms with Gasteiger partial charge in [-0.15, -0.1) is 0 Å². The number of aromatic nitrogens is 5. The second-order valence-corrected chi connectivity index (χ2v) is 26.7. The van der Waals surface area contributed by atoms with Crippen molar-refractivity contribution >= 4 is 79.1 Å². The Hall–Kier alpha value is -7.57. The molecular formula is C53H56ClF10N11O10S2. The van der Waals surface area contributed by atoms with Crippen molar-refractivity contribution in [3.63, 3.8) is 0 Å². The van der Waals surface area contributed by atoms with Crippen molar-refractivity contribution in [1.82, 2.24) is 35.2 Å². The molecule has 0 saturated heterocycles. The predicted octanol–water partition coefficient (Wildman–Crippen LogP) is 7.00. The zero-order valence-corrected chi connectivity index (χ0v) is 49.8. The van der Waals surface area contributed by atoms with Crippen molar-refractivity contribution in [1.29, 1.82) is 0 Å². The number of carbonyl (C=O) groups is 4. The van der Waals surface area contributed by atoms with E-state index in [9.17, 15) is 35.1 Å². The van der Waals surface area contributed by atoms with Crippen LogP contribution in [0.4, 0.5) is 49.7 Å². The molecule has 3 heterocycles. The van der Waals surface area contributed by atoms with E-state index >= 15 is 45.1 Å². The van der Waals surface area contributed by atoms with Gasteiger partial charge in [0, 0.05) is 41.5 Å². The summed E-state index contributed by atoms with van der Waals surface area (Å²) in [7, 11) is -4.04. The number of fused-ring (bicyclic) bond motifs is 4. The molecule has 0 radical (unpaired) electrons. The number of nitrogens with zero attached hydrogens (tertiary/aromatic N) is 7. The highest BCUT2D eigenvalue weighted by Gasteiger charge is 2.72. The maximum absolute atomic E-state index is 16.8. The van der Waals surface area contributed by atoms with Crippen LogP contribution >= 0.6 is 11.6 Å². The van der Waals surface area contributed by atoms with Crippen LogP contribution in [0, 0.1) is 29.4 Å². The summed E-state index contributed by atoms with van der Waals surface area (Å²) in [6.45, 7) is 5.77. The number of ether oxygens (including phenoxy) is 2. The lowest BCUT2D eigenvalue weighted by Crippen LogP contribution is -2.64. The molecule has 4 atom stereocenters. The highest BCUT2D eigenvalue weighted by atomic mass is 35.5. The number of rotatable bonds is 18. The normalized spacial score (nSPS) is 16.6. The number of sulfone groups is 1. The van der Waals surface area contributed by atoms with Gasteiger partial charge in [-0.05, 0) is 116 Å². The third-order valence-electron chi connectivity index (χ3n) is 13.4. The van der Waals surface area contributed by atoms with E-state index in [1.54, 1.807) is 0 Å². The average molecular weight is 1300 g/mol. The van der Waals surface area contributed by atoms with E-state index in [1.165, 1.54) is 55.4 Å². The van der Waals surface area contributed by atoms with Gasteiger partial charge in [0.25, 0.3) is 23.1 Å². The molecule has 2 aromatic carbocycles. The second kappa shape index (κ2) is 23.5. The lowest BCUT2D eigenvalue weighted by Gasteiger charge is -2.36. The van der Waals surface area contributed by atoms with Crippen molar-refractivity contribution in [2.75, 3.05) is 30.2 Å². The van der Waals surface area contributed by atoms with Crippen molar-refractivity contribution in [2.45, 2.75) is 126 Å². The molecule has 87 heavy (non-hydrogen) atoms. The van der Waals surface area contributed by atoms with Gasteiger partial charge in [-0.3, -0.25) is 23.8 Å². The number of esters is 2. The number of halogens is 11. The van der Waals surface area contributed by atoms with Crippen LogP contribution in [0.5, 0.6) is 0 Å². The van der Waals surface area contributed by atoms with Crippen LogP contribution in [-0.4, -0.2) is 119 Å². The van der Waals surface area contributed by atoms with Gasteiger partial charge in [0.15, 0.2) is 27.3 Å². The zero-order valence-electron chi connectivity index (χ0n) is 47.4. The third-order valence-corrected chi connectivity index (χ3v) is 16.3. The second-order valence-electron chi connectivity index (χ2n) is 22.8. The molecule has 21 nitrogen and oxygen atoms in total. The Kier molecular flexibility index (Phi) is 18.1. The van der Waals surface area contributed by atoms with Gasteiger partial charge in [0.2, 0.25) is 5.91 Å². The summed E-state index contributed by atoms with van der Waals surface area (Å²) >= 11 is 3.41. The van der Waals surface area contributed by atoms with E-state index in [-0.39, 0.29) is 23.7 Å². The SMILES string of the molecule is CC(C)(C)OC(=O)C(C(=O)NC(Cc1cc(F)cc(F)c1)c1nc(C#CC(C)(C)S(C)(=O)=O)ccc1-c1ccc(Cl)c2c(N(CC(=O)NCCN=C(N)N)S(=O)O)nn(CC(F)(F)F)c12)(C(=O)OC(C)(C)C)n1nc(C(F)(F)F)c2c1C(F)(F)[C@@H]1C[C@H]21. The van der Waals surface area contributed by atoms with E-state index < -0.39 is 212 Å². The summed E-state index contributed by atoms with van der Waals surface area (Å²) in [4.78, 5) is 68.0. The Morgan fingerprint density at radius 2 is 1.52 bits per heavy atom. The molecule has 2 amide bonds. The van der Waals surface area contributed by atoms with Crippen LogP contribution in [0.2, 0.25) is 5.02 Å². The maximum atomic E-state index is 16.8. The summed E-state index contributed by atoms with van der Waals surface area (Å²) < 4.78 is 213. The number of alkyl halides is 8. The first-order valence-corrected chi connectivity index (χ1v) is 29.1. The van der Waals surface area contributed by atoms with Crippen molar-refractivity contribution < 1.29 is 89.7 Å². The molecule has 7 rings (SSSR count). The first-order valence-electron chi connectivity index (χ1n) is 25.8. The molecule has 472 valence electrons. The number of guanidine groups is 1. The van der Waals surface area contributed by atoms with E-state index in [4.69, 9.17) is 32.5 Å². The van der Waals surface area contributed by atoms with Crippen molar-refractivity contribution in [2.24, 2.45) is 22.4 Å². The molecule has 3 aromatic heterocycles. The maximum Gasteiger partial charge on any atom is 0.435 e. The summed E-state index contributed by atoms with van der Waals surface area (Å²) in [6.07, 6.45) is -11.6. The van der Waals surface area contributed by atoms with Crippen LogP contribution in [-0.2, 0) is 80.4 Å². The number of pyridine rings is 1. The summed E-state index contributed by atoms with van der Waals surface area (Å²) in [6, 6.07) is 3.65. The zero-order chi connectivity index (χ0) is 65.3. The van der Waals surface area contributed by atoms with E-state index in [0.29, 0.717) is 22.5 Å². The number of anilines is 1. The lowest BCUT2D eigenvalue weighted by molar-refractivity contribution is -0.187. The largest absolute Gasteiger partial charge is 0.457 e. The topological polar surface area (TPSA) is 298 Å². The Labute approximate surface area is 497 Å². The Morgan fingerprint density at radius 3 is 2.05 bits per heavy atom. The van der Waals surface area contributed by atoms with Crippen molar-refractivity contribution in [3.8, 4) is 23.0 Å². The molecule has 5 aromatic rings. The van der Waals surface area contributed by atoms with Gasteiger partial charge in [-0.25, -0.2) is 45.0 Å². The van der Waals surface area contributed by atoms with Gasteiger partial charge in [0.05, 0.1) is 34.2 Å². The summed E-state index contributed by atoms with van der Waals surface area (Å²) in [5.74, 6) is -14.1. The van der Waals surface area contributed by atoms with Crippen LogP contribution in [0.1, 0.15) is 108 Å². The summed E-state index contributed by atoms with van der Waals surface area (Å²) in [5, 5.41) is 10.9. The van der Waals surface area contributed by atoms with Gasteiger partial charge in [0.1, 0.15) is 52.1 Å². The average Bonchev–Trinajstić information content (AvgIpc) is 1.51. The van der Waals surface area contributed by atoms with Gasteiger partial charge < -0.3 is 31.6 Å². The number of nitrogens with one attached hydrogen (secondary N) is 2. The Morgan fingerprint density at radius 1 is 0.931 bits per heavy atom. The van der Waals surface area contributed by atoms with E-state index in [1.807, 2.05) is 0 Å². The third kappa shape index (κ3) is 14.2. The molecule has 34 heteroatoms. The number of amides is 2. The number of nitrogens with two attached hydrogens (primary N) is 2. The number of carbonyl (C=O) groups excluding carboxylic acids is 4. The molecule has 7 N–H and O–H groups in total. The van der Waals surface area contributed by atoms with Crippen LogP contribution in [0.25, 0.3) is 22.0 Å². The highest BCUT2D eigenvalue weighted by molar-refractivity contribution is 7.92. The summed E-state index contributed by atoms with van der Waals surface area (Å²) in [5.41, 5.74) is -5.58. The monoisotopic (exact) mass is 1300 g/mol. The quantitative estimate of drug-likeness (QED) is 0.00862. The molecule has 0 bridgehead atoms. The number of benzene rings is 2. The minimum atomic E-state index is -5.61. The van der Waals surface area contributed by atoms with Crippen LogP contribution < -0.4 is 26.4 Å². The number of hydrogen-bond donors (Lipinski definition) is 5. The Bertz CT molecular complexity index is 3800. The fourth-order valence-electron chi connectivity index (χ4n) is 9.38. The van der Waals surface area contributed by atoms with E-state index in [2.05, 4.69) is 42.6 Å². The smallest absolute Gasteiger partial charge is 0.435 e. The van der Waals surface area contributed by atoms with E-state index in [0.717, 1.165) is 30.5 Å². The Balaban J connectivity index is 1.61. The molecule has 1 fully saturated rings. The van der Waals surface area contributed by atoms with Gasteiger partial charge in [-0.2, -0.15) is 45.3 Å². The van der Waals surface area contributed by atoms with Crippen LogP contribution in [0.3, 0.4) is 0 Å². The van der Waals surface area contributed by atoms with Gasteiger partial charge in [-0.1, -0.05) is 23.6 Å². The first kappa shape index (κ1) is 66.9. The lowest BCUT2D eigenvalue weighted by atomic mass is 9.91. The number of aliphatic imine (C=N–C) groups is 1. The molecule has 2 aliphatic rings. The first-order chi connectivity index (χ1) is 39.8. The molecule has 0 spiro atoms. The number of hydrogen-bond acceptors (Lipinski definition) is 13. The molecule has 2 unspecified atom stereocenters. The molecular weight excluding hydrogens is 1240 g/mol. The fraction of sp³-hybridized carbons (Fsp3) is 0.472. The fourth-order valence-corrected chi connectivity index (χ4v) is 10.4. The van der Waals surface area contributed by atoms with Crippen LogP contribution in [0.15, 0.2) is 47.5 Å². The van der Waals surface area contributed by atoms with Crippen molar-refractivity contribution in [3.05, 3.63) is 93.0 Å². The highest BCUT2D eigenvalue weighted by Crippen LogP contribution is 2.69. The molecule has 0 aliphatic heterocycles. The molecule has 1 saturated carbocycles. The minimum Gasteiger partial charge on any atom is -0.457 e. The standard InChI is InChI=1S/C53H56ClF10N11O10S2/c1-47(2,3)84-44(78)51(45(79)85-48(4,5)6,75-41-36(40(71-75)53(62,63)64)31-22-32(31)52(41,60)61)43(77)70-34(20-25-18-26(55)21-27(56)19-25)38-29(11-10-28(69-38)14-15-49(7,8)87(9,82)83)30-12-13-33(54)37-39(30)73(24-50(57,58)59)72-42(37)74(86(80)81)23-35(76)67-16-17-68-46(65)66/h10-13,18-19,21,31-32,34H,16-17,20,22-24H2,1-9H3,(H,67,76)(H,70,77)(H,80,81)(H4,65,66,68)/t31-,32+,34?/m0/s1. The minimum absolute atomic E-state index is 0.190. The predicted molar refractivity (Wildman–Crippen MR) is 294 cm³/mol. The molecule has 2 aliphatic carbocycles.